The molecule has 0 radical (unpaired) electrons. The van der Waals surface area contributed by atoms with Crippen LogP contribution in [0, 0.1) is 5.82 Å². The summed E-state index contributed by atoms with van der Waals surface area (Å²) in [5, 5.41) is 4.23. The van der Waals surface area contributed by atoms with Crippen LogP contribution in [0.25, 0.3) is 5.32 Å². The fourth-order valence-corrected chi connectivity index (χ4v) is 1.93. The second-order valence-corrected chi connectivity index (χ2v) is 5.06. The van der Waals surface area contributed by atoms with Crippen LogP contribution >= 0.6 is 0 Å². The maximum atomic E-state index is 14.1. The number of methoxy groups -OCH3 is 1. The first kappa shape index (κ1) is 19.1. The van der Waals surface area contributed by atoms with Crippen LogP contribution in [0.4, 0.5) is 18.9 Å². The molecule has 2 aromatic carbocycles. The van der Waals surface area contributed by atoms with Gasteiger partial charge in [0.2, 0.25) is 0 Å². The van der Waals surface area contributed by atoms with Crippen LogP contribution in [0.1, 0.15) is 15.9 Å². The van der Waals surface area contributed by atoms with E-state index in [0.29, 0.717) is 11.4 Å². The van der Waals surface area contributed by atoms with Gasteiger partial charge in [-0.3, -0.25) is 20.4 Å². The van der Waals surface area contributed by atoms with E-state index in [0.717, 1.165) is 6.07 Å². The number of hydrogen-bond acceptors (Lipinski definition) is 3. The molecule has 0 saturated carbocycles. The molecule has 9 heteroatoms. The molecule has 0 heterocycles. The number of benzene rings is 2. The molecule has 2 N–H and O–H groups in total. The fourth-order valence-electron chi connectivity index (χ4n) is 1.93. The predicted octanol–water partition coefficient (Wildman–Crippen LogP) is 3.07. The SMILES string of the molecule is COc1ccc([N-]Cc2ccc(C(=O)NNC(=O)C(F)F)cc2F)cc1. The molecule has 0 bridgehead atoms. The Balaban J connectivity index is 1.95. The van der Waals surface area contributed by atoms with Gasteiger partial charge in [-0.2, -0.15) is 8.78 Å². The average Bonchev–Trinajstić information content (AvgIpc) is 2.65. The quantitative estimate of drug-likeness (QED) is 0.771. The van der Waals surface area contributed by atoms with Crippen LogP contribution in [0.15, 0.2) is 42.5 Å². The first-order valence-electron chi connectivity index (χ1n) is 7.39. The molecule has 0 aromatic heterocycles. The van der Waals surface area contributed by atoms with E-state index in [1.54, 1.807) is 29.7 Å². The Bertz CT molecular complexity index is 783. The second-order valence-electron chi connectivity index (χ2n) is 5.06. The summed E-state index contributed by atoms with van der Waals surface area (Å²) in [4.78, 5) is 22.4. The summed E-state index contributed by atoms with van der Waals surface area (Å²) < 4.78 is 43.2. The van der Waals surface area contributed by atoms with Gasteiger partial charge in [-0.05, 0) is 29.8 Å². The fraction of sp³-hybridized carbons (Fsp3) is 0.176. The predicted molar refractivity (Wildman–Crippen MR) is 87.7 cm³/mol. The number of rotatable bonds is 6. The highest BCUT2D eigenvalue weighted by molar-refractivity contribution is 5.95. The van der Waals surface area contributed by atoms with E-state index < -0.39 is 24.1 Å². The van der Waals surface area contributed by atoms with Gasteiger partial charge in [0, 0.05) is 5.56 Å². The summed E-state index contributed by atoms with van der Waals surface area (Å²) in [6.07, 6.45) is -3.27. The molecular weight excluding hydrogens is 351 g/mol. The summed E-state index contributed by atoms with van der Waals surface area (Å²) in [6.45, 7) is 0.0438. The van der Waals surface area contributed by atoms with Gasteiger partial charge in [0.15, 0.2) is 0 Å². The molecule has 0 aliphatic rings. The highest BCUT2D eigenvalue weighted by Gasteiger charge is 2.16. The first-order chi connectivity index (χ1) is 12.4. The molecule has 2 aromatic rings. The number of hydrazine groups is 1. The standard InChI is InChI=1S/C17H15F3N3O3/c1-26-13-6-4-12(5-7-13)21-9-11-3-2-10(8-14(11)18)16(24)22-23-17(25)15(19)20/h2-8,15H,9H2,1H3,(H,22,24)(H,23,25)/q-1. The zero-order chi connectivity index (χ0) is 19.1. The van der Waals surface area contributed by atoms with E-state index in [1.165, 1.54) is 24.7 Å². The van der Waals surface area contributed by atoms with E-state index in [1.807, 2.05) is 0 Å². The van der Waals surface area contributed by atoms with Crippen molar-refractivity contribution in [1.82, 2.24) is 10.9 Å². The minimum atomic E-state index is -3.27. The number of nitrogens with one attached hydrogen (secondary N) is 2. The topological polar surface area (TPSA) is 81.5 Å². The maximum Gasteiger partial charge on any atom is 0.317 e. The van der Waals surface area contributed by atoms with Crippen molar-refractivity contribution in [2.75, 3.05) is 7.11 Å². The third-order valence-electron chi connectivity index (χ3n) is 3.32. The molecular formula is C17H15F3N3O3-. The number of hydrogen-bond donors (Lipinski definition) is 2. The number of halogens is 3. The maximum absolute atomic E-state index is 14.1. The molecule has 0 spiro atoms. The smallest absolute Gasteiger partial charge is 0.317 e. The number of alkyl halides is 2. The van der Waals surface area contributed by atoms with Gasteiger partial charge in [-0.25, -0.2) is 4.39 Å². The molecule has 0 saturated heterocycles. The molecule has 0 fully saturated rings. The normalized spacial score (nSPS) is 10.3. The van der Waals surface area contributed by atoms with E-state index in [-0.39, 0.29) is 17.7 Å². The van der Waals surface area contributed by atoms with Crippen molar-refractivity contribution < 1.29 is 27.5 Å². The third-order valence-corrected chi connectivity index (χ3v) is 3.32. The van der Waals surface area contributed by atoms with Crippen molar-refractivity contribution in [1.29, 1.82) is 0 Å². The zero-order valence-corrected chi connectivity index (χ0v) is 13.6. The minimum absolute atomic E-state index is 0.0438. The molecule has 26 heavy (non-hydrogen) atoms. The van der Waals surface area contributed by atoms with E-state index in [2.05, 4.69) is 5.32 Å². The van der Waals surface area contributed by atoms with Gasteiger partial charge in [-0.15, -0.1) is 12.2 Å². The van der Waals surface area contributed by atoms with Gasteiger partial charge in [0.05, 0.1) is 7.11 Å². The lowest BCUT2D eigenvalue weighted by Crippen LogP contribution is -2.44. The van der Waals surface area contributed by atoms with E-state index >= 15 is 0 Å². The lowest BCUT2D eigenvalue weighted by atomic mass is 10.1. The van der Waals surface area contributed by atoms with Crippen LogP contribution in [0.5, 0.6) is 5.75 Å². The molecule has 0 aliphatic heterocycles. The molecule has 0 atom stereocenters. The molecule has 2 rings (SSSR count). The monoisotopic (exact) mass is 366 g/mol. The van der Waals surface area contributed by atoms with Crippen molar-refractivity contribution in [3.63, 3.8) is 0 Å². The highest BCUT2D eigenvalue weighted by atomic mass is 19.3. The van der Waals surface area contributed by atoms with E-state index in [9.17, 15) is 22.8 Å². The number of carbonyl (C=O) groups excluding carboxylic acids is 2. The van der Waals surface area contributed by atoms with Gasteiger partial charge >= 0.3 is 12.3 Å². The van der Waals surface area contributed by atoms with Crippen molar-refractivity contribution >= 4 is 17.5 Å². The summed E-state index contributed by atoms with van der Waals surface area (Å²) in [5.74, 6) is -2.59. The minimum Gasteiger partial charge on any atom is -0.681 e. The van der Waals surface area contributed by atoms with Crippen molar-refractivity contribution in [3.05, 3.63) is 64.7 Å². The summed E-state index contributed by atoms with van der Waals surface area (Å²) in [7, 11) is 1.54. The molecule has 0 unspecified atom stereocenters. The van der Waals surface area contributed by atoms with Crippen LogP contribution in [0.2, 0.25) is 0 Å². The Morgan fingerprint density at radius 3 is 2.38 bits per heavy atom. The lowest BCUT2D eigenvalue weighted by molar-refractivity contribution is -0.132. The van der Waals surface area contributed by atoms with Gasteiger partial charge in [0.1, 0.15) is 11.6 Å². The van der Waals surface area contributed by atoms with Crippen molar-refractivity contribution in [3.8, 4) is 5.75 Å². The van der Waals surface area contributed by atoms with Crippen LogP contribution in [-0.2, 0) is 11.3 Å². The lowest BCUT2D eigenvalue weighted by Gasteiger charge is -2.22. The number of carbonyl (C=O) groups is 2. The molecule has 138 valence electrons. The Hall–Kier alpha value is -3.23. The van der Waals surface area contributed by atoms with Crippen LogP contribution < -0.4 is 15.6 Å². The Morgan fingerprint density at radius 1 is 1.12 bits per heavy atom. The Morgan fingerprint density at radius 2 is 1.81 bits per heavy atom. The van der Waals surface area contributed by atoms with Gasteiger partial charge < -0.3 is 10.1 Å². The number of nitrogens with zero attached hydrogens (tertiary/aromatic N) is 1. The van der Waals surface area contributed by atoms with Crippen LogP contribution in [-0.4, -0.2) is 25.3 Å². The molecule has 0 aliphatic carbocycles. The van der Waals surface area contributed by atoms with Crippen LogP contribution in [0.3, 0.4) is 0 Å². The molecule has 6 nitrogen and oxygen atoms in total. The largest absolute Gasteiger partial charge is 0.681 e. The number of ether oxygens (including phenoxy) is 1. The third kappa shape index (κ3) is 5.13. The first-order valence-corrected chi connectivity index (χ1v) is 7.39. The highest BCUT2D eigenvalue weighted by Crippen LogP contribution is 2.25. The zero-order valence-electron chi connectivity index (χ0n) is 13.6. The Labute approximate surface area is 147 Å². The van der Waals surface area contributed by atoms with Crippen molar-refractivity contribution in [2.24, 2.45) is 0 Å². The van der Waals surface area contributed by atoms with Gasteiger partial charge in [0.25, 0.3) is 5.91 Å². The molecule has 2 amide bonds. The Kier molecular flexibility index (Phi) is 6.42. The number of amides is 2. The van der Waals surface area contributed by atoms with Crippen molar-refractivity contribution in [2.45, 2.75) is 13.0 Å². The summed E-state index contributed by atoms with van der Waals surface area (Å²) in [6, 6.07) is 10.4. The average molecular weight is 366 g/mol. The van der Waals surface area contributed by atoms with Gasteiger partial charge in [-0.1, -0.05) is 18.2 Å². The summed E-state index contributed by atoms with van der Waals surface area (Å²) >= 11 is 0. The second kappa shape index (κ2) is 8.75. The van der Waals surface area contributed by atoms with E-state index in [4.69, 9.17) is 4.74 Å². The summed E-state index contributed by atoms with van der Waals surface area (Å²) in [5.41, 5.74) is 4.04.